The fourth-order valence-corrected chi connectivity index (χ4v) is 2.94. The number of likely N-dealkylation sites (N-methyl/N-ethyl adjacent to an activating group) is 1. The van der Waals surface area contributed by atoms with Gasteiger partial charge in [0.15, 0.2) is 0 Å². The Morgan fingerprint density at radius 2 is 1.64 bits per heavy atom. The molecule has 2 aromatic carbocycles. The highest BCUT2D eigenvalue weighted by atomic mass is 16.5. The second kappa shape index (κ2) is 8.03. The molecule has 1 N–H and O–H groups in total. The number of hydrogen-bond donors (Lipinski definition) is 1. The van der Waals surface area contributed by atoms with Crippen molar-refractivity contribution in [2.24, 2.45) is 0 Å². The smallest absolute Gasteiger partial charge is 0.337 e. The van der Waals surface area contributed by atoms with Gasteiger partial charge in [0.05, 0.1) is 12.7 Å². The third kappa shape index (κ3) is 4.51. The lowest BCUT2D eigenvalue weighted by Gasteiger charge is -2.34. The number of nitrogens with one attached hydrogen (secondary N) is 1. The van der Waals surface area contributed by atoms with Gasteiger partial charge in [-0.25, -0.2) is 4.79 Å². The fraction of sp³-hybridized carbons (Fsp3) is 0.350. The number of esters is 1. The minimum absolute atomic E-state index is 0.306. The van der Waals surface area contributed by atoms with Crippen LogP contribution < -0.4 is 10.2 Å². The molecule has 1 aliphatic rings. The first kappa shape index (κ1) is 17.3. The fourth-order valence-electron chi connectivity index (χ4n) is 2.94. The van der Waals surface area contributed by atoms with Gasteiger partial charge < -0.3 is 19.9 Å². The van der Waals surface area contributed by atoms with Crippen LogP contribution in [0.1, 0.15) is 15.9 Å². The third-order valence-electron chi connectivity index (χ3n) is 4.61. The zero-order valence-electron chi connectivity index (χ0n) is 14.9. The molecule has 0 atom stereocenters. The SMILES string of the molecule is COC(=O)c1ccc(CNc2ccc(N3CCN(C)CC3)cc2)cc1. The maximum absolute atomic E-state index is 11.4. The maximum Gasteiger partial charge on any atom is 0.337 e. The van der Waals surface area contributed by atoms with E-state index in [1.807, 2.05) is 12.1 Å². The van der Waals surface area contributed by atoms with Crippen LogP contribution >= 0.6 is 0 Å². The number of anilines is 2. The van der Waals surface area contributed by atoms with Gasteiger partial charge >= 0.3 is 5.97 Å². The molecule has 25 heavy (non-hydrogen) atoms. The van der Waals surface area contributed by atoms with Gasteiger partial charge in [0.25, 0.3) is 0 Å². The van der Waals surface area contributed by atoms with E-state index >= 15 is 0 Å². The second-order valence-electron chi connectivity index (χ2n) is 6.38. The maximum atomic E-state index is 11.4. The Labute approximate surface area is 149 Å². The molecule has 132 valence electrons. The van der Waals surface area contributed by atoms with Gasteiger partial charge in [0.2, 0.25) is 0 Å². The van der Waals surface area contributed by atoms with Gasteiger partial charge in [-0.15, -0.1) is 0 Å². The summed E-state index contributed by atoms with van der Waals surface area (Å²) in [6.45, 7) is 5.10. The van der Waals surface area contributed by atoms with Crippen molar-refractivity contribution in [1.29, 1.82) is 0 Å². The Hall–Kier alpha value is -2.53. The lowest BCUT2D eigenvalue weighted by Crippen LogP contribution is -2.44. The Bertz CT molecular complexity index is 690. The Balaban J connectivity index is 1.54. The van der Waals surface area contributed by atoms with Crippen LogP contribution in [0.25, 0.3) is 0 Å². The van der Waals surface area contributed by atoms with Crippen molar-refractivity contribution in [2.45, 2.75) is 6.54 Å². The summed E-state index contributed by atoms with van der Waals surface area (Å²) >= 11 is 0. The van der Waals surface area contributed by atoms with Crippen LogP contribution in [0.4, 0.5) is 11.4 Å². The van der Waals surface area contributed by atoms with Crippen LogP contribution in [0.3, 0.4) is 0 Å². The van der Waals surface area contributed by atoms with Gasteiger partial charge in [-0.2, -0.15) is 0 Å². The molecule has 0 radical (unpaired) electrons. The van der Waals surface area contributed by atoms with E-state index in [9.17, 15) is 4.79 Å². The van der Waals surface area contributed by atoms with E-state index in [4.69, 9.17) is 4.74 Å². The molecule has 1 saturated heterocycles. The summed E-state index contributed by atoms with van der Waals surface area (Å²) < 4.78 is 4.71. The largest absolute Gasteiger partial charge is 0.465 e. The van der Waals surface area contributed by atoms with Gasteiger partial charge in [0, 0.05) is 44.1 Å². The van der Waals surface area contributed by atoms with Gasteiger partial charge in [-0.05, 0) is 49.0 Å². The second-order valence-corrected chi connectivity index (χ2v) is 6.38. The van der Waals surface area contributed by atoms with Crippen molar-refractivity contribution in [3.63, 3.8) is 0 Å². The summed E-state index contributed by atoms with van der Waals surface area (Å²) in [6, 6.07) is 16.1. The summed E-state index contributed by atoms with van der Waals surface area (Å²) in [5.41, 5.74) is 4.06. The van der Waals surface area contributed by atoms with E-state index in [1.54, 1.807) is 12.1 Å². The zero-order valence-corrected chi connectivity index (χ0v) is 14.9. The van der Waals surface area contributed by atoms with E-state index < -0.39 is 0 Å². The average molecular weight is 339 g/mol. The highest BCUT2D eigenvalue weighted by molar-refractivity contribution is 5.89. The van der Waals surface area contributed by atoms with E-state index in [2.05, 4.69) is 46.4 Å². The standard InChI is InChI=1S/C20H25N3O2/c1-22-11-13-23(14-12-22)19-9-7-18(8-10-19)21-15-16-3-5-17(6-4-16)20(24)25-2/h3-10,21H,11-15H2,1-2H3. The molecule has 0 unspecified atom stereocenters. The van der Waals surface area contributed by atoms with Crippen LogP contribution in [0, 0.1) is 0 Å². The normalized spacial score (nSPS) is 15.0. The molecule has 5 nitrogen and oxygen atoms in total. The Kier molecular flexibility index (Phi) is 5.56. The first-order chi connectivity index (χ1) is 12.2. The lowest BCUT2D eigenvalue weighted by atomic mass is 10.1. The Morgan fingerprint density at radius 1 is 1.00 bits per heavy atom. The number of rotatable bonds is 5. The number of piperazine rings is 1. The molecule has 1 fully saturated rings. The minimum atomic E-state index is -0.306. The van der Waals surface area contributed by atoms with Gasteiger partial charge in [0.1, 0.15) is 0 Å². The number of benzene rings is 2. The molecule has 1 aliphatic heterocycles. The number of hydrogen-bond acceptors (Lipinski definition) is 5. The zero-order chi connectivity index (χ0) is 17.6. The average Bonchev–Trinajstić information content (AvgIpc) is 2.67. The van der Waals surface area contributed by atoms with E-state index in [1.165, 1.54) is 12.8 Å². The minimum Gasteiger partial charge on any atom is -0.465 e. The predicted octanol–water partition coefficient (Wildman–Crippen LogP) is 2.84. The monoisotopic (exact) mass is 339 g/mol. The van der Waals surface area contributed by atoms with Crippen molar-refractivity contribution in [3.05, 3.63) is 59.7 Å². The quantitative estimate of drug-likeness (QED) is 0.849. The van der Waals surface area contributed by atoms with Crippen LogP contribution in [0.2, 0.25) is 0 Å². The van der Waals surface area contributed by atoms with Crippen molar-refractivity contribution in [2.75, 3.05) is 50.6 Å². The molecule has 5 heteroatoms. The molecule has 0 aromatic heterocycles. The van der Waals surface area contributed by atoms with Crippen molar-refractivity contribution in [3.8, 4) is 0 Å². The van der Waals surface area contributed by atoms with Crippen molar-refractivity contribution >= 4 is 17.3 Å². The molecule has 0 saturated carbocycles. The molecule has 3 rings (SSSR count). The summed E-state index contributed by atoms with van der Waals surface area (Å²) in [5, 5.41) is 3.42. The van der Waals surface area contributed by atoms with Crippen LogP contribution in [-0.4, -0.2) is 51.2 Å². The van der Waals surface area contributed by atoms with Crippen molar-refractivity contribution < 1.29 is 9.53 Å². The number of ether oxygens (including phenoxy) is 1. The summed E-state index contributed by atoms with van der Waals surface area (Å²) in [5.74, 6) is -0.306. The van der Waals surface area contributed by atoms with E-state index in [0.29, 0.717) is 5.56 Å². The summed E-state index contributed by atoms with van der Waals surface area (Å²) in [7, 11) is 3.56. The van der Waals surface area contributed by atoms with Gasteiger partial charge in [-0.3, -0.25) is 0 Å². The lowest BCUT2D eigenvalue weighted by molar-refractivity contribution is 0.0600. The molecule has 1 heterocycles. The highest BCUT2D eigenvalue weighted by Gasteiger charge is 2.13. The van der Waals surface area contributed by atoms with Crippen molar-refractivity contribution in [1.82, 2.24) is 4.90 Å². The van der Waals surface area contributed by atoms with E-state index in [0.717, 1.165) is 44.0 Å². The Morgan fingerprint density at radius 3 is 2.24 bits per heavy atom. The third-order valence-corrected chi connectivity index (χ3v) is 4.61. The first-order valence-corrected chi connectivity index (χ1v) is 8.60. The van der Waals surface area contributed by atoms with Gasteiger partial charge in [-0.1, -0.05) is 12.1 Å². The summed E-state index contributed by atoms with van der Waals surface area (Å²) in [4.78, 5) is 16.2. The first-order valence-electron chi connectivity index (χ1n) is 8.60. The topological polar surface area (TPSA) is 44.8 Å². The molecule has 0 bridgehead atoms. The number of methoxy groups -OCH3 is 1. The van der Waals surface area contributed by atoms with Crippen LogP contribution in [0.15, 0.2) is 48.5 Å². The van der Waals surface area contributed by atoms with Crippen LogP contribution in [-0.2, 0) is 11.3 Å². The number of carbonyl (C=O) groups is 1. The molecule has 0 aliphatic carbocycles. The van der Waals surface area contributed by atoms with Crippen LogP contribution in [0.5, 0.6) is 0 Å². The molecular weight excluding hydrogens is 314 g/mol. The number of carbonyl (C=O) groups excluding carboxylic acids is 1. The molecule has 0 spiro atoms. The van der Waals surface area contributed by atoms with E-state index in [-0.39, 0.29) is 5.97 Å². The predicted molar refractivity (Wildman–Crippen MR) is 101 cm³/mol. The summed E-state index contributed by atoms with van der Waals surface area (Å²) in [6.07, 6.45) is 0. The molecular formula is C20H25N3O2. The molecule has 2 aromatic rings. The highest BCUT2D eigenvalue weighted by Crippen LogP contribution is 2.20. The number of nitrogens with zero attached hydrogens (tertiary/aromatic N) is 2. The molecule has 0 amide bonds.